The fraction of sp³-hybridized carbons (Fsp3) is 0.250. The van der Waals surface area contributed by atoms with E-state index >= 15 is 0 Å². The van der Waals surface area contributed by atoms with Crippen LogP contribution in [0.15, 0.2) is 48.7 Å². The number of pyridine rings is 1. The molecule has 0 fully saturated rings. The minimum absolute atomic E-state index is 0.159. The van der Waals surface area contributed by atoms with Crippen LogP contribution in [0.4, 0.5) is 4.79 Å². The first-order chi connectivity index (χ1) is 10.3. The molecular weight excluding hydrogens is 266 g/mol. The second kappa shape index (κ2) is 7.89. The molecule has 1 aromatic carbocycles. The second-order valence-corrected chi connectivity index (χ2v) is 4.53. The molecule has 2 amide bonds. The molecule has 0 unspecified atom stereocenters. The Hall–Kier alpha value is -2.56. The summed E-state index contributed by atoms with van der Waals surface area (Å²) in [6.07, 6.45) is 2.60. The number of rotatable bonds is 6. The van der Waals surface area contributed by atoms with E-state index in [1.807, 2.05) is 43.3 Å². The van der Waals surface area contributed by atoms with Gasteiger partial charge in [-0.1, -0.05) is 25.1 Å². The summed E-state index contributed by atoms with van der Waals surface area (Å²) >= 11 is 0. The Morgan fingerprint density at radius 3 is 2.86 bits per heavy atom. The molecule has 0 atom stereocenters. The molecule has 5 heteroatoms. The number of urea groups is 1. The molecular formula is C16H19N3O2. The Labute approximate surface area is 124 Å². The monoisotopic (exact) mass is 285 g/mol. The van der Waals surface area contributed by atoms with Gasteiger partial charge in [0.25, 0.3) is 0 Å². The van der Waals surface area contributed by atoms with E-state index in [4.69, 9.17) is 4.74 Å². The van der Waals surface area contributed by atoms with Gasteiger partial charge in [-0.3, -0.25) is 0 Å². The average molecular weight is 285 g/mol. The third-order valence-corrected chi connectivity index (χ3v) is 2.75. The molecule has 110 valence electrons. The molecule has 2 rings (SSSR count). The van der Waals surface area contributed by atoms with Crippen LogP contribution >= 0.6 is 0 Å². The molecule has 0 spiro atoms. The standard InChI is InChI=1S/C16H19N3O2/c1-2-9-18-16(20)19-12-13-6-5-7-14(11-13)21-15-8-3-4-10-17-15/h3-8,10-11H,2,9,12H2,1H3,(H2,18,19,20). The Bertz CT molecular complexity index is 573. The highest BCUT2D eigenvalue weighted by molar-refractivity contribution is 5.73. The van der Waals surface area contributed by atoms with Crippen molar-refractivity contribution in [1.29, 1.82) is 0 Å². The average Bonchev–Trinajstić information content (AvgIpc) is 2.52. The Morgan fingerprint density at radius 2 is 2.10 bits per heavy atom. The molecule has 2 aromatic rings. The lowest BCUT2D eigenvalue weighted by Crippen LogP contribution is -2.35. The molecule has 0 bridgehead atoms. The predicted octanol–water partition coefficient (Wildman–Crippen LogP) is 3.08. The van der Waals surface area contributed by atoms with Crippen LogP contribution in [0.2, 0.25) is 0 Å². The van der Waals surface area contributed by atoms with E-state index in [1.165, 1.54) is 0 Å². The quantitative estimate of drug-likeness (QED) is 0.857. The maximum atomic E-state index is 11.5. The van der Waals surface area contributed by atoms with Gasteiger partial charge >= 0.3 is 6.03 Å². The van der Waals surface area contributed by atoms with Gasteiger partial charge in [0.2, 0.25) is 5.88 Å². The van der Waals surface area contributed by atoms with E-state index < -0.39 is 0 Å². The second-order valence-electron chi connectivity index (χ2n) is 4.53. The van der Waals surface area contributed by atoms with Crippen molar-refractivity contribution in [2.45, 2.75) is 19.9 Å². The third-order valence-electron chi connectivity index (χ3n) is 2.75. The topological polar surface area (TPSA) is 63.2 Å². The van der Waals surface area contributed by atoms with Crippen molar-refractivity contribution in [3.63, 3.8) is 0 Å². The summed E-state index contributed by atoms with van der Waals surface area (Å²) in [5.41, 5.74) is 0.968. The van der Waals surface area contributed by atoms with E-state index in [2.05, 4.69) is 15.6 Å². The first-order valence-electron chi connectivity index (χ1n) is 6.97. The normalized spacial score (nSPS) is 9.95. The largest absolute Gasteiger partial charge is 0.439 e. The maximum absolute atomic E-state index is 11.5. The first-order valence-corrected chi connectivity index (χ1v) is 6.97. The van der Waals surface area contributed by atoms with Gasteiger partial charge < -0.3 is 15.4 Å². The van der Waals surface area contributed by atoms with Crippen LogP contribution in [-0.4, -0.2) is 17.6 Å². The van der Waals surface area contributed by atoms with E-state index in [1.54, 1.807) is 12.3 Å². The van der Waals surface area contributed by atoms with Crippen LogP contribution in [0.3, 0.4) is 0 Å². The van der Waals surface area contributed by atoms with Crippen LogP contribution in [0.1, 0.15) is 18.9 Å². The molecule has 21 heavy (non-hydrogen) atoms. The number of nitrogens with zero attached hydrogens (tertiary/aromatic N) is 1. The third kappa shape index (κ3) is 5.14. The Kier molecular flexibility index (Phi) is 5.58. The van der Waals surface area contributed by atoms with Gasteiger partial charge in [0.15, 0.2) is 0 Å². The lowest BCUT2D eigenvalue weighted by atomic mass is 10.2. The van der Waals surface area contributed by atoms with Gasteiger partial charge in [-0.25, -0.2) is 9.78 Å². The van der Waals surface area contributed by atoms with Gasteiger partial charge in [-0.05, 0) is 30.2 Å². The molecule has 0 saturated carbocycles. The number of amides is 2. The minimum Gasteiger partial charge on any atom is -0.439 e. The summed E-state index contributed by atoms with van der Waals surface area (Å²) < 4.78 is 5.65. The SMILES string of the molecule is CCCNC(=O)NCc1cccc(Oc2ccccn2)c1. The number of hydrogen-bond donors (Lipinski definition) is 2. The van der Waals surface area contributed by atoms with Gasteiger partial charge in [-0.2, -0.15) is 0 Å². The van der Waals surface area contributed by atoms with E-state index in [0.717, 1.165) is 12.0 Å². The summed E-state index contributed by atoms with van der Waals surface area (Å²) in [5, 5.41) is 5.57. The predicted molar refractivity (Wildman–Crippen MR) is 81.3 cm³/mol. The number of aromatic nitrogens is 1. The van der Waals surface area contributed by atoms with E-state index in [0.29, 0.717) is 24.7 Å². The highest BCUT2D eigenvalue weighted by Crippen LogP contribution is 2.19. The number of hydrogen-bond acceptors (Lipinski definition) is 3. The highest BCUT2D eigenvalue weighted by Gasteiger charge is 2.02. The van der Waals surface area contributed by atoms with Gasteiger partial charge in [0.1, 0.15) is 5.75 Å². The number of nitrogens with one attached hydrogen (secondary N) is 2. The minimum atomic E-state index is -0.159. The van der Waals surface area contributed by atoms with Crippen LogP contribution in [0.5, 0.6) is 11.6 Å². The van der Waals surface area contributed by atoms with Crippen molar-refractivity contribution in [1.82, 2.24) is 15.6 Å². The number of carbonyl (C=O) groups is 1. The summed E-state index contributed by atoms with van der Waals surface area (Å²) in [4.78, 5) is 15.6. The van der Waals surface area contributed by atoms with Crippen LogP contribution in [0, 0.1) is 0 Å². The highest BCUT2D eigenvalue weighted by atomic mass is 16.5. The van der Waals surface area contributed by atoms with Crippen molar-refractivity contribution < 1.29 is 9.53 Å². The van der Waals surface area contributed by atoms with Gasteiger partial charge in [0.05, 0.1) is 0 Å². The van der Waals surface area contributed by atoms with Crippen LogP contribution < -0.4 is 15.4 Å². The number of ether oxygens (including phenoxy) is 1. The maximum Gasteiger partial charge on any atom is 0.315 e. The molecule has 1 heterocycles. The van der Waals surface area contributed by atoms with Crippen LogP contribution in [0.25, 0.3) is 0 Å². The zero-order chi connectivity index (χ0) is 14.9. The lowest BCUT2D eigenvalue weighted by Gasteiger charge is -2.09. The molecule has 0 aliphatic heterocycles. The first kappa shape index (κ1) is 14.8. The van der Waals surface area contributed by atoms with Crippen molar-refractivity contribution in [3.8, 4) is 11.6 Å². The Morgan fingerprint density at radius 1 is 1.19 bits per heavy atom. The smallest absolute Gasteiger partial charge is 0.315 e. The van der Waals surface area contributed by atoms with Crippen molar-refractivity contribution in [3.05, 3.63) is 54.2 Å². The molecule has 1 aromatic heterocycles. The lowest BCUT2D eigenvalue weighted by molar-refractivity contribution is 0.240. The van der Waals surface area contributed by atoms with Gasteiger partial charge in [0, 0.05) is 25.4 Å². The zero-order valence-corrected chi connectivity index (χ0v) is 12.0. The summed E-state index contributed by atoms with van der Waals surface area (Å²) in [6.45, 7) is 3.14. The molecule has 0 aliphatic carbocycles. The van der Waals surface area contributed by atoms with Gasteiger partial charge in [-0.15, -0.1) is 0 Å². The number of carbonyl (C=O) groups excluding carboxylic acids is 1. The van der Waals surface area contributed by atoms with Crippen molar-refractivity contribution >= 4 is 6.03 Å². The fourth-order valence-electron chi connectivity index (χ4n) is 1.73. The van der Waals surface area contributed by atoms with Crippen molar-refractivity contribution in [2.24, 2.45) is 0 Å². The molecule has 0 radical (unpaired) electrons. The van der Waals surface area contributed by atoms with Crippen LogP contribution in [-0.2, 0) is 6.54 Å². The van der Waals surface area contributed by atoms with E-state index in [-0.39, 0.29) is 6.03 Å². The number of benzene rings is 1. The molecule has 2 N–H and O–H groups in total. The Balaban J connectivity index is 1.90. The molecule has 5 nitrogen and oxygen atoms in total. The summed E-state index contributed by atoms with van der Waals surface area (Å²) in [5.74, 6) is 1.24. The summed E-state index contributed by atoms with van der Waals surface area (Å²) in [6, 6.07) is 12.9. The summed E-state index contributed by atoms with van der Waals surface area (Å²) in [7, 11) is 0. The molecule has 0 saturated heterocycles. The molecule has 0 aliphatic rings. The zero-order valence-electron chi connectivity index (χ0n) is 12.0. The van der Waals surface area contributed by atoms with E-state index in [9.17, 15) is 4.79 Å². The fourth-order valence-corrected chi connectivity index (χ4v) is 1.73. The van der Waals surface area contributed by atoms with Crippen molar-refractivity contribution in [2.75, 3.05) is 6.54 Å².